The first kappa shape index (κ1) is 17.0. The summed E-state index contributed by atoms with van der Waals surface area (Å²) in [5, 5.41) is 2.91. The van der Waals surface area contributed by atoms with Crippen LogP contribution in [0.3, 0.4) is 0 Å². The van der Waals surface area contributed by atoms with Gasteiger partial charge >= 0.3 is 0 Å². The summed E-state index contributed by atoms with van der Waals surface area (Å²) in [5.74, 6) is -0.104. The van der Waals surface area contributed by atoms with E-state index < -0.39 is 0 Å². The maximum Gasteiger partial charge on any atom is 0.251 e. The zero-order valence-electron chi connectivity index (χ0n) is 13.9. The van der Waals surface area contributed by atoms with Crippen molar-refractivity contribution in [3.63, 3.8) is 0 Å². The predicted molar refractivity (Wildman–Crippen MR) is 103 cm³/mol. The summed E-state index contributed by atoms with van der Waals surface area (Å²) in [6.45, 7) is 2.53. The predicted octanol–water partition coefficient (Wildman–Crippen LogP) is 4.44. The second kappa shape index (κ2) is 8.35. The Labute approximate surface area is 151 Å². The van der Waals surface area contributed by atoms with Gasteiger partial charge in [-0.25, -0.2) is 0 Å². The highest BCUT2D eigenvalue weighted by Gasteiger charge is 2.06. The fourth-order valence-electron chi connectivity index (χ4n) is 2.24. The number of hydrogen-bond donors (Lipinski definition) is 2. The van der Waals surface area contributed by atoms with Crippen molar-refractivity contribution < 1.29 is 4.79 Å². The summed E-state index contributed by atoms with van der Waals surface area (Å²) in [6.07, 6.45) is 3.46. The molecule has 0 saturated carbocycles. The lowest BCUT2D eigenvalue weighted by atomic mass is 10.2. The van der Waals surface area contributed by atoms with Gasteiger partial charge in [0.25, 0.3) is 5.91 Å². The van der Waals surface area contributed by atoms with Crippen molar-refractivity contribution in [2.24, 2.45) is 0 Å². The zero-order valence-corrected chi connectivity index (χ0v) is 14.7. The molecule has 0 unspecified atom stereocenters. The van der Waals surface area contributed by atoms with Gasteiger partial charge in [-0.3, -0.25) is 9.78 Å². The van der Waals surface area contributed by atoms with E-state index in [1.54, 1.807) is 18.5 Å². The molecule has 0 atom stereocenters. The molecule has 1 heterocycles. The lowest BCUT2D eigenvalue weighted by molar-refractivity contribution is 0.0951. The van der Waals surface area contributed by atoms with E-state index in [-0.39, 0.29) is 5.91 Å². The number of nitrogens with one attached hydrogen (secondary N) is 2. The number of aromatic nitrogens is 1. The molecular weight excluding hydrogens is 330 g/mol. The highest BCUT2D eigenvalue weighted by atomic mass is 32.2. The largest absolute Gasteiger partial charge is 0.348 e. The van der Waals surface area contributed by atoms with Crippen LogP contribution in [0.4, 0.5) is 5.69 Å². The minimum absolute atomic E-state index is 0.104. The second-order valence-corrected chi connectivity index (χ2v) is 6.52. The van der Waals surface area contributed by atoms with Crippen LogP contribution in [0.2, 0.25) is 0 Å². The van der Waals surface area contributed by atoms with Gasteiger partial charge in [-0.15, -0.1) is 0 Å². The van der Waals surface area contributed by atoms with Gasteiger partial charge in [0.15, 0.2) is 0 Å². The van der Waals surface area contributed by atoms with Crippen LogP contribution >= 0.6 is 11.9 Å². The summed E-state index contributed by atoms with van der Waals surface area (Å²) >= 11 is 1.52. The van der Waals surface area contributed by atoms with Gasteiger partial charge in [-0.05, 0) is 60.8 Å². The Balaban J connectivity index is 1.58. The standard InChI is InChI=1S/C20H19N3OS/c1-15-7-9-19(10-8-15)25-23-18-6-2-5-17(12-18)20(24)22-14-16-4-3-11-21-13-16/h2-13,23H,14H2,1H3,(H,22,24). The van der Waals surface area contributed by atoms with Crippen LogP contribution in [0, 0.1) is 6.92 Å². The van der Waals surface area contributed by atoms with Crippen molar-refractivity contribution in [3.05, 3.63) is 89.7 Å². The summed E-state index contributed by atoms with van der Waals surface area (Å²) in [4.78, 5) is 17.5. The van der Waals surface area contributed by atoms with Crippen LogP contribution < -0.4 is 10.0 Å². The monoisotopic (exact) mass is 349 g/mol. The normalized spacial score (nSPS) is 10.3. The number of rotatable bonds is 6. The van der Waals surface area contributed by atoms with E-state index in [9.17, 15) is 4.79 Å². The smallest absolute Gasteiger partial charge is 0.251 e. The number of nitrogens with zero attached hydrogens (tertiary/aromatic N) is 1. The van der Waals surface area contributed by atoms with Crippen molar-refractivity contribution in [3.8, 4) is 0 Å². The number of carbonyl (C=O) groups is 1. The molecule has 2 N–H and O–H groups in total. The average Bonchev–Trinajstić information content (AvgIpc) is 2.67. The molecule has 3 aromatic rings. The lowest BCUT2D eigenvalue weighted by Gasteiger charge is -2.09. The van der Waals surface area contributed by atoms with Gasteiger partial charge in [0.2, 0.25) is 0 Å². The Morgan fingerprint density at radius 3 is 2.68 bits per heavy atom. The number of pyridine rings is 1. The van der Waals surface area contributed by atoms with E-state index in [4.69, 9.17) is 0 Å². The Kier molecular flexibility index (Phi) is 5.69. The maximum absolute atomic E-state index is 12.3. The molecule has 0 radical (unpaired) electrons. The molecule has 3 rings (SSSR count). The van der Waals surface area contributed by atoms with E-state index in [0.29, 0.717) is 12.1 Å². The van der Waals surface area contributed by atoms with Crippen molar-refractivity contribution in [2.75, 3.05) is 4.72 Å². The number of benzene rings is 2. The summed E-state index contributed by atoms with van der Waals surface area (Å²) in [7, 11) is 0. The molecule has 0 aliphatic heterocycles. The number of amides is 1. The molecular formula is C20H19N3OS. The molecule has 0 fully saturated rings. The van der Waals surface area contributed by atoms with Gasteiger partial charge in [0.05, 0.1) is 0 Å². The number of hydrogen-bond acceptors (Lipinski definition) is 4. The summed E-state index contributed by atoms with van der Waals surface area (Å²) in [6, 6.07) is 19.5. The molecule has 1 amide bonds. The first-order valence-corrected chi connectivity index (χ1v) is 8.79. The van der Waals surface area contributed by atoms with Crippen LogP contribution in [0.1, 0.15) is 21.5 Å². The SMILES string of the molecule is Cc1ccc(SNc2cccc(C(=O)NCc3cccnc3)c2)cc1. The van der Waals surface area contributed by atoms with Gasteiger partial charge in [0.1, 0.15) is 0 Å². The summed E-state index contributed by atoms with van der Waals surface area (Å²) < 4.78 is 3.28. The Bertz CT molecular complexity index is 835. The Morgan fingerprint density at radius 2 is 1.92 bits per heavy atom. The molecule has 1 aromatic heterocycles. The van der Waals surface area contributed by atoms with E-state index in [0.717, 1.165) is 16.1 Å². The number of carbonyl (C=O) groups excluding carboxylic acids is 1. The molecule has 0 aliphatic rings. The molecule has 4 nitrogen and oxygen atoms in total. The molecule has 5 heteroatoms. The topological polar surface area (TPSA) is 54.0 Å². The third kappa shape index (κ3) is 5.09. The van der Waals surface area contributed by atoms with Crippen molar-refractivity contribution in [2.45, 2.75) is 18.4 Å². The van der Waals surface area contributed by atoms with Gasteiger partial charge < -0.3 is 10.0 Å². The molecule has 0 spiro atoms. The highest BCUT2D eigenvalue weighted by molar-refractivity contribution is 8.00. The minimum atomic E-state index is -0.104. The third-order valence-corrected chi connectivity index (χ3v) is 4.45. The van der Waals surface area contributed by atoms with E-state index in [1.165, 1.54) is 17.5 Å². The van der Waals surface area contributed by atoms with Crippen LogP contribution in [0.25, 0.3) is 0 Å². The van der Waals surface area contributed by atoms with Crippen LogP contribution in [-0.4, -0.2) is 10.9 Å². The van der Waals surface area contributed by atoms with Crippen molar-refractivity contribution in [1.29, 1.82) is 0 Å². The molecule has 25 heavy (non-hydrogen) atoms. The zero-order chi connectivity index (χ0) is 17.5. The first-order valence-electron chi connectivity index (χ1n) is 7.97. The minimum Gasteiger partial charge on any atom is -0.348 e. The third-order valence-electron chi connectivity index (χ3n) is 3.61. The molecule has 0 aliphatic carbocycles. The van der Waals surface area contributed by atoms with Gasteiger partial charge in [0, 0.05) is 35.1 Å². The van der Waals surface area contributed by atoms with E-state index in [2.05, 4.69) is 46.2 Å². The second-order valence-electron chi connectivity index (χ2n) is 5.64. The molecule has 0 saturated heterocycles. The summed E-state index contributed by atoms with van der Waals surface area (Å²) in [5.41, 5.74) is 3.72. The fourth-order valence-corrected chi connectivity index (χ4v) is 2.87. The maximum atomic E-state index is 12.3. The van der Waals surface area contributed by atoms with Crippen molar-refractivity contribution >= 4 is 23.5 Å². The Morgan fingerprint density at radius 1 is 1.08 bits per heavy atom. The molecule has 126 valence electrons. The highest BCUT2D eigenvalue weighted by Crippen LogP contribution is 2.22. The quantitative estimate of drug-likeness (QED) is 0.646. The average molecular weight is 349 g/mol. The van der Waals surface area contributed by atoms with E-state index >= 15 is 0 Å². The molecule has 0 bridgehead atoms. The van der Waals surface area contributed by atoms with Crippen LogP contribution in [0.15, 0.2) is 78.0 Å². The number of aryl methyl sites for hydroxylation is 1. The first-order chi connectivity index (χ1) is 12.2. The number of anilines is 1. The van der Waals surface area contributed by atoms with E-state index in [1.807, 2.05) is 30.3 Å². The van der Waals surface area contributed by atoms with Gasteiger partial charge in [-0.1, -0.05) is 29.8 Å². The lowest BCUT2D eigenvalue weighted by Crippen LogP contribution is -2.22. The van der Waals surface area contributed by atoms with Crippen LogP contribution in [0.5, 0.6) is 0 Å². The molecule has 2 aromatic carbocycles. The fraction of sp³-hybridized carbons (Fsp3) is 0.100. The van der Waals surface area contributed by atoms with Gasteiger partial charge in [-0.2, -0.15) is 0 Å². The Hall–Kier alpha value is -2.79. The van der Waals surface area contributed by atoms with Crippen LogP contribution in [-0.2, 0) is 6.54 Å². The van der Waals surface area contributed by atoms with Crippen molar-refractivity contribution in [1.82, 2.24) is 10.3 Å².